The summed E-state index contributed by atoms with van der Waals surface area (Å²) in [5.74, 6) is 5.60. The van der Waals surface area contributed by atoms with Crippen LogP contribution in [0.5, 0.6) is 0 Å². The Balaban J connectivity index is 2.43. The number of nitrogens with zero attached hydrogens (tertiary/aromatic N) is 1. The van der Waals surface area contributed by atoms with E-state index in [1.165, 1.54) is 0 Å². The number of nitrogens with two attached hydrogens (primary N) is 1. The van der Waals surface area contributed by atoms with Gasteiger partial charge in [0.1, 0.15) is 12.0 Å². The molecule has 0 radical (unpaired) electrons. The molecule has 0 saturated carbocycles. The first-order valence-electron chi connectivity index (χ1n) is 2.97. The highest BCUT2D eigenvalue weighted by molar-refractivity contribution is 5.82. The van der Waals surface area contributed by atoms with Crippen LogP contribution in [-0.4, -0.2) is 18.6 Å². The van der Waals surface area contributed by atoms with Crippen LogP contribution in [0.4, 0.5) is 4.39 Å². The number of rotatable bonds is 0. The van der Waals surface area contributed by atoms with E-state index in [0.717, 1.165) is 0 Å². The van der Waals surface area contributed by atoms with Crippen molar-refractivity contribution in [3.63, 3.8) is 0 Å². The highest BCUT2D eigenvalue weighted by Crippen LogP contribution is 2.08. The van der Waals surface area contributed by atoms with Gasteiger partial charge >= 0.3 is 0 Å². The van der Waals surface area contributed by atoms with E-state index in [1.807, 2.05) is 0 Å². The van der Waals surface area contributed by atoms with Crippen molar-refractivity contribution in [1.29, 1.82) is 0 Å². The molecule has 4 heteroatoms. The second kappa shape index (κ2) is 2.77. The Labute approximate surface area is 53.1 Å². The summed E-state index contributed by atoms with van der Waals surface area (Å²) in [7, 11) is 0. The average Bonchev–Trinajstić information content (AvgIpc) is 1.88. The van der Waals surface area contributed by atoms with Crippen LogP contribution in [0, 0.1) is 0 Å². The standard InChI is InChI=1S/C5H10FN3/c6-4-1-2-8-5(3-4)9-7/h4H,1-3,7H2,(H,8,9). The van der Waals surface area contributed by atoms with Crippen molar-refractivity contribution in [2.24, 2.45) is 10.8 Å². The van der Waals surface area contributed by atoms with Gasteiger partial charge in [-0.25, -0.2) is 10.2 Å². The summed E-state index contributed by atoms with van der Waals surface area (Å²) in [6.45, 7) is 0.556. The predicted molar refractivity (Wildman–Crippen MR) is 33.8 cm³/mol. The third-order valence-electron chi connectivity index (χ3n) is 1.33. The molecule has 0 aromatic rings. The van der Waals surface area contributed by atoms with E-state index in [0.29, 0.717) is 25.2 Å². The lowest BCUT2D eigenvalue weighted by Crippen LogP contribution is -2.34. The van der Waals surface area contributed by atoms with Crippen LogP contribution in [0.25, 0.3) is 0 Å². The molecule has 1 aliphatic heterocycles. The molecule has 3 N–H and O–H groups in total. The van der Waals surface area contributed by atoms with Crippen molar-refractivity contribution in [2.75, 3.05) is 6.54 Å². The van der Waals surface area contributed by atoms with E-state index in [9.17, 15) is 4.39 Å². The van der Waals surface area contributed by atoms with Gasteiger partial charge in [-0.2, -0.15) is 0 Å². The van der Waals surface area contributed by atoms with Crippen LogP contribution >= 0.6 is 0 Å². The summed E-state index contributed by atoms with van der Waals surface area (Å²) >= 11 is 0. The Bertz CT molecular complexity index is 123. The summed E-state index contributed by atoms with van der Waals surface area (Å²) < 4.78 is 12.4. The van der Waals surface area contributed by atoms with Gasteiger partial charge in [0.25, 0.3) is 0 Å². The van der Waals surface area contributed by atoms with E-state index in [4.69, 9.17) is 5.84 Å². The van der Waals surface area contributed by atoms with Gasteiger partial charge in [0, 0.05) is 13.0 Å². The van der Waals surface area contributed by atoms with Crippen molar-refractivity contribution in [3.8, 4) is 0 Å². The molecule has 1 unspecified atom stereocenters. The predicted octanol–water partition coefficient (Wildman–Crippen LogP) is -0.0199. The molecule has 0 saturated heterocycles. The second-order valence-corrected chi connectivity index (χ2v) is 2.06. The SMILES string of the molecule is NNC1=NCCC(F)C1. The van der Waals surface area contributed by atoms with Gasteiger partial charge in [-0.05, 0) is 6.42 Å². The molecule has 3 nitrogen and oxygen atoms in total. The third kappa shape index (κ3) is 1.64. The van der Waals surface area contributed by atoms with E-state index in [2.05, 4.69) is 10.4 Å². The number of aliphatic imine (C=N–C) groups is 1. The van der Waals surface area contributed by atoms with Crippen LogP contribution in [-0.2, 0) is 0 Å². The van der Waals surface area contributed by atoms with E-state index < -0.39 is 6.17 Å². The van der Waals surface area contributed by atoms with Crippen LogP contribution in [0.15, 0.2) is 4.99 Å². The highest BCUT2D eigenvalue weighted by atomic mass is 19.1. The number of hydrogen-bond donors (Lipinski definition) is 2. The number of amidine groups is 1. The first-order valence-corrected chi connectivity index (χ1v) is 2.97. The zero-order valence-electron chi connectivity index (χ0n) is 5.10. The van der Waals surface area contributed by atoms with Crippen LogP contribution in [0.3, 0.4) is 0 Å². The Morgan fingerprint density at radius 3 is 3.00 bits per heavy atom. The summed E-state index contributed by atoms with van der Waals surface area (Å²) in [6, 6.07) is 0. The Kier molecular flexibility index (Phi) is 2.00. The number of nitrogens with one attached hydrogen (secondary N) is 1. The zero-order chi connectivity index (χ0) is 6.69. The van der Waals surface area contributed by atoms with Crippen LogP contribution < -0.4 is 11.3 Å². The fourth-order valence-corrected chi connectivity index (χ4v) is 0.821. The molecule has 52 valence electrons. The highest BCUT2D eigenvalue weighted by Gasteiger charge is 2.13. The summed E-state index contributed by atoms with van der Waals surface area (Å²) in [5, 5.41) is 0. The largest absolute Gasteiger partial charge is 0.312 e. The van der Waals surface area contributed by atoms with Gasteiger partial charge in [0.15, 0.2) is 0 Å². The van der Waals surface area contributed by atoms with Gasteiger partial charge in [-0.3, -0.25) is 4.99 Å². The Hall–Kier alpha value is -0.640. The molecular weight excluding hydrogens is 121 g/mol. The second-order valence-electron chi connectivity index (χ2n) is 2.06. The van der Waals surface area contributed by atoms with Crippen LogP contribution in [0.2, 0.25) is 0 Å². The lowest BCUT2D eigenvalue weighted by Gasteiger charge is -2.13. The van der Waals surface area contributed by atoms with E-state index >= 15 is 0 Å². The van der Waals surface area contributed by atoms with Crippen molar-refractivity contribution in [1.82, 2.24) is 5.43 Å². The average molecular weight is 131 g/mol. The molecule has 0 aromatic heterocycles. The Morgan fingerprint density at radius 2 is 2.56 bits per heavy atom. The minimum atomic E-state index is -0.756. The molecule has 1 aliphatic rings. The van der Waals surface area contributed by atoms with E-state index in [1.54, 1.807) is 0 Å². The molecule has 0 amide bonds. The van der Waals surface area contributed by atoms with Gasteiger partial charge in [0.05, 0.1) is 0 Å². The molecular formula is C5H10FN3. The maximum atomic E-state index is 12.4. The fraction of sp³-hybridized carbons (Fsp3) is 0.800. The molecule has 9 heavy (non-hydrogen) atoms. The van der Waals surface area contributed by atoms with Crippen molar-refractivity contribution < 1.29 is 4.39 Å². The lowest BCUT2D eigenvalue weighted by atomic mass is 10.1. The summed E-state index contributed by atoms with van der Waals surface area (Å²) in [6.07, 6.45) is 0.121. The maximum absolute atomic E-state index is 12.4. The van der Waals surface area contributed by atoms with E-state index in [-0.39, 0.29) is 0 Å². The monoisotopic (exact) mass is 131 g/mol. The molecule has 0 aromatic carbocycles. The van der Waals surface area contributed by atoms with Crippen molar-refractivity contribution >= 4 is 5.84 Å². The molecule has 1 rings (SSSR count). The number of hydrogen-bond acceptors (Lipinski definition) is 3. The maximum Gasteiger partial charge on any atom is 0.113 e. The van der Waals surface area contributed by atoms with Crippen molar-refractivity contribution in [3.05, 3.63) is 0 Å². The number of hydrazine groups is 1. The fourth-order valence-electron chi connectivity index (χ4n) is 0.821. The molecule has 0 spiro atoms. The quantitative estimate of drug-likeness (QED) is 0.358. The molecule has 1 atom stereocenters. The normalized spacial score (nSPS) is 27.3. The molecule has 0 bridgehead atoms. The minimum absolute atomic E-state index is 0.344. The van der Waals surface area contributed by atoms with Gasteiger partial charge < -0.3 is 5.43 Å². The minimum Gasteiger partial charge on any atom is -0.312 e. The first kappa shape index (κ1) is 6.48. The lowest BCUT2D eigenvalue weighted by molar-refractivity contribution is 0.317. The van der Waals surface area contributed by atoms with Gasteiger partial charge in [0.2, 0.25) is 0 Å². The zero-order valence-corrected chi connectivity index (χ0v) is 5.10. The molecule has 0 aliphatic carbocycles. The third-order valence-corrected chi connectivity index (χ3v) is 1.33. The smallest absolute Gasteiger partial charge is 0.113 e. The topological polar surface area (TPSA) is 50.4 Å². The summed E-state index contributed by atoms with van der Waals surface area (Å²) in [4.78, 5) is 3.94. The van der Waals surface area contributed by atoms with Crippen LogP contribution in [0.1, 0.15) is 12.8 Å². The van der Waals surface area contributed by atoms with Gasteiger partial charge in [-0.15, -0.1) is 0 Å². The first-order chi connectivity index (χ1) is 4.33. The van der Waals surface area contributed by atoms with Gasteiger partial charge in [-0.1, -0.05) is 0 Å². The Morgan fingerprint density at radius 1 is 1.78 bits per heavy atom. The molecule has 1 heterocycles. The number of halogens is 1. The number of alkyl halides is 1. The summed E-state index contributed by atoms with van der Waals surface area (Å²) in [5.41, 5.74) is 2.34. The van der Waals surface area contributed by atoms with Crippen molar-refractivity contribution in [2.45, 2.75) is 19.0 Å². The molecule has 0 fully saturated rings.